The van der Waals surface area contributed by atoms with E-state index >= 15 is 0 Å². The van der Waals surface area contributed by atoms with Crippen LogP contribution in [0.25, 0.3) is 22.3 Å². The van der Waals surface area contributed by atoms with Gasteiger partial charge in [0.25, 0.3) is 0 Å². The number of alkyl halides is 3. The predicted octanol–water partition coefficient (Wildman–Crippen LogP) is 7.67. The molecule has 0 saturated heterocycles. The lowest BCUT2D eigenvalue weighted by molar-refractivity contribution is -0.137. The van der Waals surface area contributed by atoms with Crippen LogP contribution < -0.4 is 5.32 Å². The Labute approximate surface area is 193 Å². The molecule has 1 atom stereocenters. The first-order valence-corrected chi connectivity index (χ1v) is 10.5. The first-order chi connectivity index (χ1) is 15.1. The number of hydrogen-bond donors (Lipinski definition) is 1. The van der Waals surface area contributed by atoms with E-state index < -0.39 is 11.7 Å². The monoisotopic (exact) mass is 475 g/mol. The largest absolute Gasteiger partial charge is 0.416 e. The van der Waals surface area contributed by atoms with Crippen molar-refractivity contribution in [2.24, 2.45) is 0 Å². The molecule has 1 heterocycles. The van der Waals surface area contributed by atoms with Gasteiger partial charge in [0, 0.05) is 22.7 Å². The molecular weight excluding hydrogens is 458 g/mol. The molecule has 1 aromatic heterocycles. The van der Waals surface area contributed by atoms with Gasteiger partial charge in [-0.15, -0.1) is 0 Å². The Morgan fingerprint density at radius 3 is 2.50 bits per heavy atom. The Balaban J connectivity index is 1.63. The average molecular weight is 476 g/mol. The summed E-state index contributed by atoms with van der Waals surface area (Å²) in [4.78, 5) is 0. The van der Waals surface area contributed by atoms with Gasteiger partial charge >= 0.3 is 6.18 Å². The summed E-state index contributed by atoms with van der Waals surface area (Å²) in [6.07, 6.45) is -2.67. The van der Waals surface area contributed by atoms with Gasteiger partial charge in [-0.1, -0.05) is 54.0 Å². The van der Waals surface area contributed by atoms with E-state index in [4.69, 9.17) is 23.2 Å². The normalized spacial score (nSPS) is 12.7. The summed E-state index contributed by atoms with van der Waals surface area (Å²) < 4.78 is 40.9. The van der Waals surface area contributed by atoms with E-state index in [2.05, 4.69) is 17.0 Å². The Morgan fingerprint density at radius 2 is 1.78 bits per heavy atom. The van der Waals surface area contributed by atoms with Crippen molar-refractivity contribution in [1.82, 2.24) is 15.1 Å². The fourth-order valence-electron chi connectivity index (χ4n) is 3.54. The summed E-state index contributed by atoms with van der Waals surface area (Å²) in [5.41, 5.74) is 2.79. The molecule has 0 bridgehead atoms. The summed E-state index contributed by atoms with van der Waals surface area (Å²) >= 11 is 12.2. The van der Waals surface area contributed by atoms with Crippen LogP contribution in [-0.4, -0.2) is 9.78 Å². The molecule has 0 spiro atoms. The third-order valence-corrected chi connectivity index (χ3v) is 5.93. The second-order valence-electron chi connectivity index (χ2n) is 7.36. The van der Waals surface area contributed by atoms with Crippen molar-refractivity contribution in [3.8, 4) is 5.69 Å². The molecule has 0 aliphatic rings. The number of rotatable bonds is 5. The van der Waals surface area contributed by atoms with E-state index in [0.29, 0.717) is 21.3 Å². The molecular formula is C24H18Cl2F3N3. The van der Waals surface area contributed by atoms with Crippen LogP contribution in [0.2, 0.25) is 10.0 Å². The fraction of sp³-hybridized carbons (Fsp3) is 0.125. The number of nitrogens with zero attached hydrogens (tertiary/aromatic N) is 2. The number of halogens is 5. The molecule has 32 heavy (non-hydrogen) atoms. The van der Waals surface area contributed by atoms with Gasteiger partial charge in [-0.05, 0) is 48.9 Å². The van der Waals surface area contributed by atoms with Crippen LogP contribution in [0.4, 0.5) is 13.2 Å². The maximum absolute atomic E-state index is 13.1. The minimum Gasteiger partial charge on any atom is -0.378 e. The minimum absolute atomic E-state index is 0.384. The molecule has 164 valence electrons. The van der Waals surface area contributed by atoms with Crippen molar-refractivity contribution >= 4 is 39.8 Å². The topological polar surface area (TPSA) is 29.9 Å². The highest BCUT2D eigenvalue weighted by molar-refractivity contribution is 6.42. The molecule has 0 amide bonds. The van der Waals surface area contributed by atoms with Gasteiger partial charge in [-0.3, -0.25) is 0 Å². The number of aromatic nitrogens is 2. The predicted molar refractivity (Wildman–Crippen MR) is 123 cm³/mol. The molecule has 0 fully saturated rings. The van der Waals surface area contributed by atoms with Gasteiger partial charge < -0.3 is 5.32 Å². The molecule has 1 N–H and O–H groups in total. The second kappa shape index (κ2) is 8.52. The maximum atomic E-state index is 13.1. The average Bonchev–Trinajstić information content (AvgIpc) is 3.19. The van der Waals surface area contributed by atoms with Crippen molar-refractivity contribution in [2.45, 2.75) is 19.1 Å². The lowest BCUT2D eigenvalue weighted by Gasteiger charge is -2.19. The summed E-state index contributed by atoms with van der Waals surface area (Å²) in [7, 11) is 0. The third-order valence-electron chi connectivity index (χ3n) is 5.19. The van der Waals surface area contributed by atoms with Gasteiger partial charge in [0.15, 0.2) is 0 Å². The van der Waals surface area contributed by atoms with Crippen LogP contribution in [0, 0.1) is 0 Å². The first-order valence-electron chi connectivity index (χ1n) is 9.70. The Morgan fingerprint density at radius 1 is 1.03 bits per heavy atom. The van der Waals surface area contributed by atoms with E-state index in [1.165, 1.54) is 6.07 Å². The molecule has 3 aromatic carbocycles. The molecule has 4 aromatic rings. The minimum atomic E-state index is -4.39. The van der Waals surface area contributed by atoms with E-state index in [1.54, 1.807) is 36.0 Å². The van der Waals surface area contributed by atoms with Crippen LogP contribution in [0.15, 0.2) is 73.4 Å². The molecule has 1 unspecified atom stereocenters. The molecule has 0 aliphatic carbocycles. The standard InChI is InChI=1S/C24H18Cl2F3N3/c1-14(16-5-3-6-17(11-16)24(27,28)29)31-15(2)19-7-4-8-23-20(19)13-30-32(23)18-9-10-21(25)22(26)12-18/h3-14,31H,2H2,1H3. The van der Waals surface area contributed by atoms with E-state index in [-0.39, 0.29) is 6.04 Å². The van der Waals surface area contributed by atoms with Gasteiger partial charge in [0.2, 0.25) is 0 Å². The van der Waals surface area contributed by atoms with Crippen molar-refractivity contribution in [2.75, 3.05) is 0 Å². The lowest BCUT2D eigenvalue weighted by Crippen LogP contribution is -2.17. The van der Waals surface area contributed by atoms with Crippen LogP contribution in [0.5, 0.6) is 0 Å². The summed E-state index contributed by atoms with van der Waals surface area (Å²) in [5, 5.41) is 9.40. The fourth-order valence-corrected chi connectivity index (χ4v) is 3.84. The molecule has 4 rings (SSSR count). The summed E-state index contributed by atoms with van der Waals surface area (Å²) in [5.74, 6) is 0. The molecule has 0 radical (unpaired) electrons. The van der Waals surface area contributed by atoms with Crippen LogP contribution in [0.3, 0.4) is 0 Å². The number of benzene rings is 3. The van der Waals surface area contributed by atoms with Crippen molar-refractivity contribution < 1.29 is 13.2 Å². The maximum Gasteiger partial charge on any atom is 0.416 e. The zero-order valence-corrected chi connectivity index (χ0v) is 18.4. The van der Waals surface area contributed by atoms with Crippen molar-refractivity contribution in [3.05, 3.63) is 100 Å². The van der Waals surface area contributed by atoms with Crippen LogP contribution in [-0.2, 0) is 6.18 Å². The van der Waals surface area contributed by atoms with Gasteiger partial charge in [0.05, 0.1) is 33.0 Å². The van der Waals surface area contributed by atoms with Gasteiger partial charge in [-0.25, -0.2) is 4.68 Å². The zero-order chi connectivity index (χ0) is 23.0. The molecule has 3 nitrogen and oxygen atoms in total. The quantitative estimate of drug-likeness (QED) is 0.320. The zero-order valence-electron chi connectivity index (χ0n) is 16.9. The van der Waals surface area contributed by atoms with Crippen molar-refractivity contribution in [1.29, 1.82) is 0 Å². The summed E-state index contributed by atoms with van der Waals surface area (Å²) in [6.45, 7) is 5.90. The highest BCUT2D eigenvalue weighted by Crippen LogP contribution is 2.32. The Kier molecular flexibility index (Phi) is 5.93. The number of fused-ring (bicyclic) bond motifs is 1. The SMILES string of the molecule is C=C(NC(C)c1cccc(C(F)(F)F)c1)c1cccc2c1cnn2-c1ccc(Cl)c(Cl)c1. The van der Waals surface area contributed by atoms with Gasteiger partial charge in [-0.2, -0.15) is 18.3 Å². The number of nitrogens with one attached hydrogen (secondary N) is 1. The van der Waals surface area contributed by atoms with E-state index in [0.717, 1.165) is 34.3 Å². The first kappa shape index (κ1) is 22.2. The Bertz CT molecular complexity index is 1310. The van der Waals surface area contributed by atoms with Crippen LogP contribution in [0.1, 0.15) is 29.7 Å². The van der Waals surface area contributed by atoms with Gasteiger partial charge in [0.1, 0.15) is 0 Å². The second-order valence-corrected chi connectivity index (χ2v) is 8.18. The number of hydrogen-bond acceptors (Lipinski definition) is 2. The van der Waals surface area contributed by atoms with Crippen molar-refractivity contribution in [3.63, 3.8) is 0 Å². The van der Waals surface area contributed by atoms with E-state index in [9.17, 15) is 13.2 Å². The molecule has 0 aliphatic heterocycles. The summed E-state index contributed by atoms with van der Waals surface area (Å²) in [6, 6.07) is 15.8. The highest BCUT2D eigenvalue weighted by atomic mass is 35.5. The van der Waals surface area contributed by atoms with E-state index in [1.807, 2.05) is 24.3 Å². The highest BCUT2D eigenvalue weighted by Gasteiger charge is 2.30. The molecule has 8 heteroatoms. The lowest BCUT2D eigenvalue weighted by atomic mass is 10.0. The smallest absolute Gasteiger partial charge is 0.378 e. The Hall–Kier alpha value is -2.96. The van der Waals surface area contributed by atoms with Crippen LogP contribution >= 0.6 is 23.2 Å². The third kappa shape index (κ3) is 4.33. The molecule has 0 saturated carbocycles.